The van der Waals surface area contributed by atoms with Gasteiger partial charge in [0.1, 0.15) is 12.6 Å². The summed E-state index contributed by atoms with van der Waals surface area (Å²) < 4.78 is 8.18. The Hall–Kier alpha value is -3.83. The third-order valence-corrected chi connectivity index (χ3v) is 9.35. The first-order chi connectivity index (χ1) is 23.9. The van der Waals surface area contributed by atoms with Gasteiger partial charge in [0.2, 0.25) is 11.8 Å². The normalized spacial score (nSPS) is 13.1. The fourth-order valence-corrected chi connectivity index (χ4v) is 6.63. The zero-order valence-electron chi connectivity index (χ0n) is 28.4. The summed E-state index contributed by atoms with van der Waals surface area (Å²) >= 11 is 7.76. The van der Waals surface area contributed by atoms with Crippen molar-refractivity contribution in [1.29, 1.82) is 0 Å². The van der Waals surface area contributed by atoms with Crippen LogP contribution in [0.1, 0.15) is 60.9 Å². The van der Waals surface area contributed by atoms with Crippen molar-refractivity contribution in [3.8, 4) is 0 Å². The smallest absolute Gasteiger partial charge is 0.407 e. The number of aromatic nitrogens is 1. The molecule has 0 radical (unpaired) electrons. The number of carbonyl (C=O) groups excluding carboxylic acids is 4. The maximum Gasteiger partial charge on any atom is 0.407 e. The number of urea groups is 1. The molecule has 2 aromatic carbocycles. The Labute approximate surface area is 317 Å². The van der Waals surface area contributed by atoms with E-state index in [4.69, 9.17) is 10.5 Å². The predicted molar refractivity (Wildman–Crippen MR) is 208 cm³/mol. The van der Waals surface area contributed by atoms with E-state index in [-0.39, 0.29) is 31.5 Å². The van der Waals surface area contributed by atoms with Crippen molar-refractivity contribution in [1.82, 2.24) is 29.4 Å². The minimum atomic E-state index is -1.20. The molecule has 5 amide bonds. The number of alkyl carbamates (subject to hydrolysis) is 1. The van der Waals surface area contributed by atoms with Gasteiger partial charge >= 0.3 is 12.1 Å². The molecule has 0 aliphatic heterocycles. The summed E-state index contributed by atoms with van der Waals surface area (Å²) in [5.74, 6) is -0.996. The van der Waals surface area contributed by atoms with Crippen LogP contribution in [0, 0.1) is 0 Å². The summed E-state index contributed by atoms with van der Waals surface area (Å²) in [5.41, 5.74) is 8.26. The molecule has 6 N–H and O–H groups in total. The number of carbonyl (C=O) groups is 4. The van der Waals surface area contributed by atoms with Crippen LogP contribution in [0.2, 0.25) is 0 Å². The van der Waals surface area contributed by atoms with E-state index in [1.165, 1.54) is 16.2 Å². The van der Waals surface area contributed by atoms with Gasteiger partial charge in [0.25, 0.3) is 0 Å². The van der Waals surface area contributed by atoms with E-state index in [1.54, 1.807) is 13.2 Å². The Kier molecular flexibility index (Phi) is 17.4. The SMILES string of the molecule is CC(C)c1nc(CN(C)C(=O)NC(CC(N)=O)C(=O)NC(CCC(Cc2ccccc2)NC(=O)OC/C(S)=C/NI)Cc2ccccc2)cs1. The first-order valence-corrected chi connectivity index (χ1v) is 18.6. The van der Waals surface area contributed by atoms with E-state index in [1.807, 2.05) is 88.9 Å². The number of primary amides is 1. The van der Waals surface area contributed by atoms with Crippen molar-refractivity contribution in [2.45, 2.75) is 76.5 Å². The maximum absolute atomic E-state index is 13.7. The van der Waals surface area contributed by atoms with Crippen LogP contribution in [0.5, 0.6) is 0 Å². The Balaban J connectivity index is 1.74. The van der Waals surface area contributed by atoms with Gasteiger partial charge in [-0.05, 0) is 36.8 Å². The molecule has 50 heavy (non-hydrogen) atoms. The highest BCUT2D eigenvalue weighted by atomic mass is 127. The first-order valence-electron chi connectivity index (χ1n) is 16.2. The van der Waals surface area contributed by atoms with Gasteiger partial charge in [0.05, 0.1) is 46.5 Å². The first kappa shape index (κ1) is 40.6. The number of nitrogens with zero attached hydrogens (tertiary/aromatic N) is 2. The molecule has 270 valence electrons. The maximum atomic E-state index is 13.7. The van der Waals surface area contributed by atoms with Crippen molar-refractivity contribution in [2.24, 2.45) is 5.73 Å². The highest BCUT2D eigenvalue weighted by molar-refractivity contribution is 14.1. The highest BCUT2D eigenvalue weighted by Crippen LogP contribution is 2.20. The number of nitrogens with one attached hydrogen (secondary N) is 4. The van der Waals surface area contributed by atoms with Crippen LogP contribution in [0.4, 0.5) is 9.59 Å². The van der Waals surface area contributed by atoms with Gasteiger partial charge in [-0.15, -0.1) is 24.0 Å². The molecule has 0 saturated heterocycles. The van der Waals surface area contributed by atoms with Crippen LogP contribution in [-0.4, -0.2) is 65.6 Å². The third kappa shape index (κ3) is 15.0. The van der Waals surface area contributed by atoms with Crippen LogP contribution >= 0.6 is 46.8 Å². The van der Waals surface area contributed by atoms with Crippen molar-refractivity contribution < 1.29 is 23.9 Å². The molecule has 0 bridgehead atoms. The fraction of sp³-hybridized carbons (Fsp3) is 0.400. The average molecular weight is 836 g/mol. The molecule has 3 atom stereocenters. The highest BCUT2D eigenvalue weighted by Gasteiger charge is 2.27. The summed E-state index contributed by atoms with van der Waals surface area (Å²) in [5, 5.41) is 11.6. The summed E-state index contributed by atoms with van der Waals surface area (Å²) in [6, 6.07) is 17.0. The number of ether oxygens (including phenoxy) is 1. The van der Waals surface area contributed by atoms with Crippen LogP contribution in [-0.2, 0) is 33.7 Å². The molecule has 15 heteroatoms. The second-order valence-electron chi connectivity index (χ2n) is 12.2. The summed E-state index contributed by atoms with van der Waals surface area (Å²) in [6.07, 6.45) is 2.61. The minimum Gasteiger partial charge on any atom is -0.444 e. The van der Waals surface area contributed by atoms with Gasteiger partial charge in [0.15, 0.2) is 0 Å². The zero-order chi connectivity index (χ0) is 36.5. The van der Waals surface area contributed by atoms with Crippen LogP contribution in [0.25, 0.3) is 0 Å². The molecule has 0 aliphatic rings. The van der Waals surface area contributed by atoms with Gasteiger partial charge in [-0.2, -0.15) is 0 Å². The van der Waals surface area contributed by atoms with E-state index >= 15 is 0 Å². The second-order valence-corrected chi connectivity index (χ2v) is 14.3. The lowest BCUT2D eigenvalue weighted by Crippen LogP contribution is -2.54. The van der Waals surface area contributed by atoms with Crippen molar-refractivity contribution in [3.05, 3.63) is 99.0 Å². The topological polar surface area (TPSA) is 168 Å². The van der Waals surface area contributed by atoms with E-state index in [0.717, 1.165) is 21.8 Å². The van der Waals surface area contributed by atoms with E-state index < -0.39 is 36.0 Å². The number of hydrogen-bond donors (Lipinski definition) is 6. The molecule has 1 aromatic heterocycles. The molecule has 0 saturated carbocycles. The summed E-state index contributed by atoms with van der Waals surface area (Å²) in [4.78, 5) is 58.2. The van der Waals surface area contributed by atoms with Crippen molar-refractivity contribution in [3.63, 3.8) is 0 Å². The predicted octanol–water partition coefficient (Wildman–Crippen LogP) is 5.21. The van der Waals surface area contributed by atoms with Crippen LogP contribution < -0.4 is 25.2 Å². The van der Waals surface area contributed by atoms with Crippen molar-refractivity contribution in [2.75, 3.05) is 13.7 Å². The number of thiazole rings is 1. The molecular formula is C35H46IN7O5S2. The van der Waals surface area contributed by atoms with Crippen LogP contribution in [0.15, 0.2) is 77.1 Å². The molecule has 3 rings (SSSR count). The van der Waals surface area contributed by atoms with Gasteiger partial charge < -0.3 is 34.9 Å². The lowest BCUT2D eigenvalue weighted by Gasteiger charge is -2.26. The Morgan fingerprint density at radius 2 is 1.54 bits per heavy atom. The Morgan fingerprint density at radius 1 is 0.960 bits per heavy atom. The van der Waals surface area contributed by atoms with E-state index in [9.17, 15) is 19.2 Å². The Bertz CT molecular complexity index is 1560. The zero-order valence-corrected chi connectivity index (χ0v) is 32.3. The lowest BCUT2D eigenvalue weighted by molar-refractivity contribution is -0.127. The van der Waals surface area contributed by atoms with E-state index in [0.29, 0.717) is 30.6 Å². The molecule has 0 fully saturated rings. The van der Waals surface area contributed by atoms with Gasteiger partial charge in [0, 0.05) is 41.5 Å². The number of amides is 5. The number of hydrogen-bond acceptors (Lipinski definition) is 9. The Morgan fingerprint density at radius 3 is 2.06 bits per heavy atom. The molecule has 0 aliphatic carbocycles. The fourth-order valence-electron chi connectivity index (χ4n) is 5.05. The molecule has 3 aromatic rings. The number of rotatable bonds is 19. The summed E-state index contributed by atoms with van der Waals surface area (Å²) in [7, 11) is 1.60. The van der Waals surface area contributed by atoms with Crippen molar-refractivity contribution >= 4 is 70.8 Å². The monoisotopic (exact) mass is 835 g/mol. The molecule has 12 nitrogen and oxygen atoms in total. The number of halogens is 1. The van der Waals surface area contributed by atoms with Gasteiger partial charge in [-0.1, -0.05) is 74.5 Å². The van der Waals surface area contributed by atoms with Crippen LogP contribution in [0.3, 0.4) is 0 Å². The molecule has 1 heterocycles. The van der Waals surface area contributed by atoms with E-state index in [2.05, 4.69) is 50.9 Å². The third-order valence-electron chi connectivity index (χ3n) is 7.58. The molecular weight excluding hydrogens is 789 g/mol. The molecule has 0 spiro atoms. The number of nitrogens with two attached hydrogens (primary N) is 1. The van der Waals surface area contributed by atoms with Gasteiger partial charge in [-0.3, -0.25) is 9.59 Å². The lowest BCUT2D eigenvalue weighted by atomic mass is 9.95. The van der Waals surface area contributed by atoms with Gasteiger partial charge in [-0.25, -0.2) is 14.6 Å². The largest absolute Gasteiger partial charge is 0.444 e. The quantitative estimate of drug-likeness (QED) is 0.0548. The number of thiol groups is 1. The minimum absolute atomic E-state index is 0.000606. The second kappa shape index (κ2) is 21.4. The summed E-state index contributed by atoms with van der Waals surface area (Å²) in [6.45, 7) is 4.33. The molecule has 3 unspecified atom stereocenters. The number of benzene rings is 2. The average Bonchev–Trinajstić information content (AvgIpc) is 3.55. The standard InChI is InChI=1S/C35H46IN7O5S2/c1-23(2)33-40-28(22-50-33)20-43(3)34(46)42-30(18-31(37)44)32(45)39-26(16-24-10-6-4-7-11-24)14-15-27(17-25-12-8-5-9-13-25)41-35(47)48-21-29(49)19-38-36/h4-13,19,22-23,26-27,30,38,49H,14-18,20-21H2,1-3H3,(H2,37,44)(H,39,45)(H,41,47)(H,42,46)/b29-19-.